The number of aromatic nitrogens is 4. The quantitative estimate of drug-likeness (QED) is 0.685. The monoisotopic (exact) mass is 334 g/mol. The second kappa shape index (κ2) is 8.19. The molecule has 0 aliphatic rings. The van der Waals surface area contributed by atoms with Gasteiger partial charge in [0.25, 0.3) is 0 Å². The van der Waals surface area contributed by atoms with Gasteiger partial charge in [0.2, 0.25) is 5.95 Å². The lowest BCUT2D eigenvalue weighted by molar-refractivity contribution is 0.933. The number of aryl methyl sites for hydroxylation is 2. The lowest BCUT2D eigenvalue weighted by Gasteiger charge is -2.15. The Morgan fingerprint density at radius 3 is 2.44 bits per heavy atom. The summed E-state index contributed by atoms with van der Waals surface area (Å²) in [6, 6.07) is 12.2. The number of hydrogen-bond donors (Lipinski definition) is 2. The first-order chi connectivity index (χ1) is 12.3. The maximum Gasteiger partial charge on any atom is 0.245 e. The van der Waals surface area contributed by atoms with Gasteiger partial charge in [0.05, 0.1) is 18.4 Å². The predicted octanol–water partition coefficient (Wildman–Crippen LogP) is 3.75. The Kier molecular flexibility index (Phi) is 5.51. The summed E-state index contributed by atoms with van der Waals surface area (Å²) in [5.41, 5.74) is 4.57. The van der Waals surface area contributed by atoms with E-state index in [1.165, 1.54) is 11.1 Å². The number of nitrogens with zero attached hydrogens (tertiary/aromatic N) is 4. The summed E-state index contributed by atoms with van der Waals surface area (Å²) in [7, 11) is 0. The Hall–Kier alpha value is -3.02. The van der Waals surface area contributed by atoms with E-state index in [9.17, 15) is 0 Å². The third kappa shape index (κ3) is 4.29. The molecule has 128 valence electrons. The van der Waals surface area contributed by atoms with Gasteiger partial charge in [0, 0.05) is 11.9 Å². The zero-order valence-corrected chi connectivity index (χ0v) is 14.5. The van der Waals surface area contributed by atoms with Gasteiger partial charge in [-0.25, -0.2) is 0 Å². The van der Waals surface area contributed by atoms with Crippen LogP contribution >= 0.6 is 0 Å². The van der Waals surface area contributed by atoms with Gasteiger partial charge < -0.3 is 10.6 Å². The summed E-state index contributed by atoms with van der Waals surface area (Å²) in [6.07, 6.45) is 5.32. The normalized spacial score (nSPS) is 10.5. The van der Waals surface area contributed by atoms with E-state index in [4.69, 9.17) is 0 Å². The number of anilines is 3. The highest BCUT2D eigenvalue weighted by molar-refractivity contribution is 5.65. The highest BCUT2D eigenvalue weighted by atomic mass is 15.3. The average Bonchev–Trinajstić information content (AvgIpc) is 2.67. The Morgan fingerprint density at radius 1 is 0.960 bits per heavy atom. The van der Waals surface area contributed by atoms with Gasteiger partial charge in [-0.05, 0) is 36.1 Å². The van der Waals surface area contributed by atoms with Crippen molar-refractivity contribution in [2.75, 3.05) is 10.6 Å². The number of nitrogens with one attached hydrogen (secondary N) is 2. The van der Waals surface area contributed by atoms with Crippen LogP contribution in [-0.4, -0.2) is 20.2 Å². The zero-order chi connectivity index (χ0) is 17.5. The van der Waals surface area contributed by atoms with Gasteiger partial charge in [0.15, 0.2) is 5.82 Å². The number of rotatable bonds is 7. The van der Waals surface area contributed by atoms with Crippen LogP contribution in [0.5, 0.6) is 0 Å². The molecule has 25 heavy (non-hydrogen) atoms. The molecule has 0 aliphatic heterocycles. The molecule has 0 unspecified atom stereocenters. The van der Waals surface area contributed by atoms with Crippen molar-refractivity contribution in [2.24, 2.45) is 0 Å². The van der Waals surface area contributed by atoms with E-state index in [1.807, 2.05) is 18.2 Å². The van der Waals surface area contributed by atoms with E-state index in [1.54, 1.807) is 12.4 Å². The molecule has 6 heteroatoms. The topological polar surface area (TPSA) is 75.6 Å². The van der Waals surface area contributed by atoms with E-state index >= 15 is 0 Å². The van der Waals surface area contributed by atoms with Crippen molar-refractivity contribution in [1.29, 1.82) is 0 Å². The average molecular weight is 334 g/mol. The first-order valence-corrected chi connectivity index (χ1v) is 8.51. The standard InChI is InChI=1S/C19H22N6/c1-3-14-8-7-9-15(4-2)18(14)23-17-13-22-25-19(24-17)21-12-16-10-5-6-11-20-16/h5-11,13H,3-4,12H2,1-2H3,(H2,21,23,24,25). The third-order valence-corrected chi connectivity index (χ3v) is 3.96. The van der Waals surface area contributed by atoms with Gasteiger partial charge in [-0.3, -0.25) is 4.98 Å². The molecule has 0 bridgehead atoms. The van der Waals surface area contributed by atoms with Crippen LogP contribution in [-0.2, 0) is 19.4 Å². The van der Waals surface area contributed by atoms with Crippen molar-refractivity contribution in [2.45, 2.75) is 33.2 Å². The van der Waals surface area contributed by atoms with Crippen LogP contribution in [0.15, 0.2) is 48.8 Å². The molecule has 3 rings (SSSR count). The van der Waals surface area contributed by atoms with E-state index in [0.717, 1.165) is 24.2 Å². The van der Waals surface area contributed by atoms with E-state index < -0.39 is 0 Å². The second-order valence-corrected chi connectivity index (χ2v) is 5.62. The van der Waals surface area contributed by atoms with Crippen LogP contribution in [0.2, 0.25) is 0 Å². The van der Waals surface area contributed by atoms with Crippen molar-refractivity contribution in [3.05, 3.63) is 65.6 Å². The molecule has 0 aliphatic carbocycles. The molecule has 1 aromatic carbocycles. The van der Waals surface area contributed by atoms with Crippen LogP contribution in [0.1, 0.15) is 30.7 Å². The van der Waals surface area contributed by atoms with Crippen LogP contribution < -0.4 is 10.6 Å². The summed E-state index contributed by atoms with van der Waals surface area (Å²) in [6.45, 7) is 4.85. The number of hydrogen-bond acceptors (Lipinski definition) is 6. The molecule has 2 heterocycles. The first-order valence-electron chi connectivity index (χ1n) is 8.51. The minimum absolute atomic E-state index is 0.475. The van der Waals surface area contributed by atoms with Crippen LogP contribution in [0.3, 0.4) is 0 Å². The summed E-state index contributed by atoms with van der Waals surface area (Å²) in [5, 5.41) is 14.7. The molecular formula is C19H22N6. The fraction of sp³-hybridized carbons (Fsp3) is 0.263. The molecule has 2 aromatic heterocycles. The fourth-order valence-corrected chi connectivity index (χ4v) is 2.64. The molecule has 6 nitrogen and oxygen atoms in total. The van der Waals surface area contributed by atoms with Crippen LogP contribution in [0.25, 0.3) is 0 Å². The molecule has 0 fully saturated rings. The third-order valence-electron chi connectivity index (χ3n) is 3.96. The first kappa shape index (κ1) is 16.8. The van der Waals surface area contributed by atoms with E-state index in [0.29, 0.717) is 18.3 Å². The lowest BCUT2D eigenvalue weighted by atomic mass is 10.0. The maximum atomic E-state index is 4.51. The molecule has 0 spiro atoms. The largest absolute Gasteiger partial charge is 0.347 e. The fourth-order valence-electron chi connectivity index (χ4n) is 2.64. The highest BCUT2D eigenvalue weighted by Gasteiger charge is 2.08. The molecule has 0 saturated heterocycles. The molecule has 2 N–H and O–H groups in total. The molecule has 3 aromatic rings. The van der Waals surface area contributed by atoms with Gasteiger partial charge in [-0.2, -0.15) is 10.1 Å². The van der Waals surface area contributed by atoms with Gasteiger partial charge in [-0.15, -0.1) is 5.10 Å². The summed E-state index contributed by atoms with van der Waals surface area (Å²) in [5.74, 6) is 1.15. The van der Waals surface area contributed by atoms with Crippen molar-refractivity contribution in [3.8, 4) is 0 Å². The second-order valence-electron chi connectivity index (χ2n) is 5.62. The Balaban J connectivity index is 1.76. The predicted molar refractivity (Wildman–Crippen MR) is 99.9 cm³/mol. The number of pyridine rings is 1. The Labute approximate surface area is 147 Å². The van der Waals surface area contributed by atoms with E-state index in [2.05, 4.69) is 62.8 Å². The van der Waals surface area contributed by atoms with Gasteiger partial charge in [0.1, 0.15) is 0 Å². The summed E-state index contributed by atoms with van der Waals surface area (Å²) >= 11 is 0. The van der Waals surface area contributed by atoms with Crippen molar-refractivity contribution in [3.63, 3.8) is 0 Å². The van der Waals surface area contributed by atoms with Crippen molar-refractivity contribution >= 4 is 17.5 Å². The smallest absolute Gasteiger partial charge is 0.245 e. The molecular weight excluding hydrogens is 312 g/mol. The lowest BCUT2D eigenvalue weighted by Crippen LogP contribution is -2.08. The minimum Gasteiger partial charge on any atom is -0.347 e. The summed E-state index contributed by atoms with van der Waals surface area (Å²) < 4.78 is 0. The zero-order valence-electron chi connectivity index (χ0n) is 14.5. The van der Waals surface area contributed by atoms with E-state index in [-0.39, 0.29) is 0 Å². The Bertz CT molecular complexity index is 797. The highest BCUT2D eigenvalue weighted by Crippen LogP contribution is 2.25. The van der Waals surface area contributed by atoms with Crippen molar-refractivity contribution < 1.29 is 0 Å². The molecule has 0 radical (unpaired) electrons. The van der Waals surface area contributed by atoms with Gasteiger partial charge in [-0.1, -0.05) is 38.1 Å². The van der Waals surface area contributed by atoms with Crippen LogP contribution in [0.4, 0.5) is 17.5 Å². The van der Waals surface area contributed by atoms with Gasteiger partial charge >= 0.3 is 0 Å². The number of benzene rings is 1. The summed E-state index contributed by atoms with van der Waals surface area (Å²) in [4.78, 5) is 8.79. The Morgan fingerprint density at radius 2 is 1.76 bits per heavy atom. The maximum absolute atomic E-state index is 4.51. The number of para-hydroxylation sites is 1. The SMILES string of the molecule is CCc1cccc(CC)c1Nc1cnnc(NCc2ccccn2)n1. The van der Waals surface area contributed by atoms with Crippen molar-refractivity contribution in [1.82, 2.24) is 20.2 Å². The van der Waals surface area contributed by atoms with Crippen LogP contribution in [0, 0.1) is 0 Å². The molecule has 0 atom stereocenters. The minimum atomic E-state index is 0.475. The molecule has 0 saturated carbocycles. The molecule has 0 amide bonds.